The van der Waals surface area contributed by atoms with E-state index in [1.807, 2.05) is 0 Å². The van der Waals surface area contributed by atoms with Crippen LogP contribution in [0.15, 0.2) is 0 Å². The third-order valence-corrected chi connectivity index (χ3v) is 1.82. The summed E-state index contributed by atoms with van der Waals surface area (Å²) in [4.78, 5) is 3.54. The number of rotatable bonds is 1. The largest absolute Gasteiger partial charge is 0.382 e. The second kappa shape index (κ2) is 2.00. The van der Waals surface area contributed by atoms with Gasteiger partial charge in [-0.1, -0.05) is 4.85 Å². The lowest BCUT2D eigenvalue weighted by molar-refractivity contribution is 0.0314. The van der Waals surface area contributed by atoms with Crippen molar-refractivity contribution in [2.45, 2.75) is 38.8 Å². The van der Waals surface area contributed by atoms with Gasteiger partial charge in [-0.2, -0.15) is 0 Å². The van der Waals surface area contributed by atoms with Crippen molar-refractivity contribution in [1.29, 1.82) is 0 Å². The third kappa shape index (κ3) is 1.69. The molecule has 0 fully saturated rings. The Morgan fingerprint density at radius 1 is 1.22 bits per heavy atom. The molecule has 52 valence electrons. The summed E-state index contributed by atoms with van der Waals surface area (Å²) in [5.74, 6) is 0. The van der Waals surface area contributed by atoms with Crippen molar-refractivity contribution >= 4 is 0 Å². The van der Waals surface area contributed by atoms with E-state index in [-0.39, 0.29) is 0 Å². The molecular formula is C7H14NO+. The van der Waals surface area contributed by atoms with Gasteiger partial charge in [-0.05, 0) is 13.8 Å². The van der Waals surface area contributed by atoms with Crippen LogP contribution in [0.2, 0.25) is 0 Å². The monoisotopic (exact) mass is 128 g/mol. The van der Waals surface area contributed by atoms with E-state index in [2.05, 4.69) is 4.85 Å². The van der Waals surface area contributed by atoms with Gasteiger partial charge < -0.3 is 5.11 Å². The van der Waals surface area contributed by atoms with Crippen molar-refractivity contribution in [3.63, 3.8) is 0 Å². The zero-order valence-electron chi connectivity index (χ0n) is 6.47. The van der Waals surface area contributed by atoms with Crippen molar-refractivity contribution in [3.8, 4) is 6.57 Å². The predicted molar refractivity (Wildman–Crippen MR) is 38.7 cm³/mol. The van der Waals surface area contributed by atoms with Gasteiger partial charge in [0.15, 0.2) is 0 Å². The van der Waals surface area contributed by atoms with Gasteiger partial charge in [-0.25, -0.2) is 0 Å². The van der Waals surface area contributed by atoms with E-state index in [1.54, 1.807) is 27.7 Å². The first kappa shape index (κ1) is 8.45. The van der Waals surface area contributed by atoms with Crippen LogP contribution in [0.1, 0.15) is 27.7 Å². The van der Waals surface area contributed by atoms with Gasteiger partial charge in [0.1, 0.15) is 5.60 Å². The van der Waals surface area contributed by atoms with Crippen molar-refractivity contribution in [3.05, 3.63) is 4.85 Å². The standard InChI is InChI=1S/C7H14NO/c1-6(2,8-5)7(3,4)9/h5,9H,1-4H3/q+1. The minimum Gasteiger partial charge on any atom is -0.382 e. The zero-order chi connectivity index (χ0) is 7.71. The van der Waals surface area contributed by atoms with Gasteiger partial charge in [0.25, 0.3) is 6.57 Å². The molecule has 0 unspecified atom stereocenters. The highest BCUT2D eigenvalue weighted by molar-refractivity contribution is 5.04. The van der Waals surface area contributed by atoms with E-state index < -0.39 is 11.1 Å². The second-order valence-electron chi connectivity index (χ2n) is 3.25. The van der Waals surface area contributed by atoms with Gasteiger partial charge in [-0.3, -0.25) is 0 Å². The fraction of sp³-hybridized carbons (Fsp3) is 0.857. The first-order chi connectivity index (χ1) is 3.81. The van der Waals surface area contributed by atoms with E-state index in [1.165, 1.54) is 0 Å². The van der Waals surface area contributed by atoms with Crippen LogP contribution in [0.25, 0.3) is 4.85 Å². The molecule has 0 aromatic heterocycles. The number of nitrogens with zero attached hydrogens (tertiary/aromatic N) is 1. The van der Waals surface area contributed by atoms with Crippen LogP contribution >= 0.6 is 0 Å². The maximum Gasteiger partial charge on any atom is 0.302 e. The normalized spacial score (nSPS) is 12.9. The summed E-state index contributed by atoms with van der Waals surface area (Å²) in [7, 11) is 0. The fourth-order valence-electron chi connectivity index (χ4n) is 0.158. The summed E-state index contributed by atoms with van der Waals surface area (Å²) in [6.45, 7) is 12.0. The predicted octanol–water partition coefficient (Wildman–Crippen LogP) is 1.50. The van der Waals surface area contributed by atoms with E-state index in [0.717, 1.165) is 0 Å². The lowest BCUT2D eigenvalue weighted by Gasteiger charge is -2.21. The van der Waals surface area contributed by atoms with Crippen LogP contribution in [-0.4, -0.2) is 16.2 Å². The molecule has 0 atom stereocenters. The molecule has 0 aliphatic heterocycles. The number of aliphatic hydroxyl groups is 1. The van der Waals surface area contributed by atoms with Gasteiger partial charge in [0.05, 0.1) is 0 Å². The average molecular weight is 128 g/mol. The Hall–Kier alpha value is -0.550. The van der Waals surface area contributed by atoms with Crippen LogP contribution in [0.5, 0.6) is 0 Å². The Morgan fingerprint density at radius 2 is 1.56 bits per heavy atom. The van der Waals surface area contributed by atoms with Crippen molar-refractivity contribution in [1.82, 2.24) is 0 Å². The lowest BCUT2D eigenvalue weighted by atomic mass is 9.87. The SMILES string of the molecule is C#[N+]C(C)(C)C(C)(C)O. The minimum atomic E-state index is -0.845. The quantitative estimate of drug-likeness (QED) is 0.568. The molecule has 0 aliphatic rings. The van der Waals surface area contributed by atoms with Crippen molar-refractivity contribution < 1.29 is 5.11 Å². The summed E-state index contributed by atoms with van der Waals surface area (Å²) in [6, 6.07) is 0. The number of hydrogen-bond acceptors (Lipinski definition) is 1. The van der Waals surface area contributed by atoms with Crippen LogP contribution in [0.4, 0.5) is 0 Å². The lowest BCUT2D eigenvalue weighted by Crippen LogP contribution is -2.42. The van der Waals surface area contributed by atoms with Crippen LogP contribution < -0.4 is 0 Å². The average Bonchev–Trinajstić information content (AvgIpc) is 1.64. The maximum atomic E-state index is 9.37. The van der Waals surface area contributed by atoms with E-state index >= 15 is 0 Å². The van der Waals surface area contributed by atoms with E-state index in [9.17, 15) is 5.11 Å². The molecule has 0 spiro atoms. The summed E-state index contributed by atoms with van der Waals surface area (Å²) >= 11 is 0. The Labute approximate surface area is 56.3 Å². The molecule has 2 heteroatoms. The molecule has 2 nitrogen and oxygen atoms in total. The summed E-state index contributed by atoms with van der Waals surface area (Å²) in [6.07, 6.45) is 0. The molecule has 0 aliphatic carbocycles. The van der Waals surface area contributed by atoms with E-state index in [0.29, 0.717) is 0 Å². The van der Waals surface area contributed by atoms with E-state index in [4.69, 9.17) is 6.57 Å². The fourth-order valence-corrected chi connectivity index (χ4v) is 0.158. The Balaban J connectivity index is 4.39. The maximum absolute atomic E-state index is 9.37. The molecule has 0 heterocycles. The van der Waals surface area contributed by atoms with Crippen LogP contribution in [-0.2, 0) is 0 Å². The topological polar surface area (TPSA) is 24.6 Å². The highest BCUT2D eigenvalue weighted by Gasteiger charge is 2.44. The molecule has 0 saturated carbocycles. The first-order valence-electron chi connectivity index (χ1n) is 2.96. The first-order valence-corrected chi connectivity index (χ1v) is 2.96. The Morgan fingerprint density at radius 3 is 1.56 bits per heavy atom. The van der Waals surface area contributed by atoms with Crippen molar-refractivity contribution in [2.75, 3.05) is 0 Å². The van der Waals surface area contributed by atoms with Crippen LogP contribution in [0, 0.1) is 6.57 Å². The summed E-state index contributed by atoms with van der Waals surface area (Å²) in [5, 5.41) is 9.37. The third-order valence-electron chi connectivity index (χ3n) is 1.82. The summed E-state index contributed by atoms with van der Waals surface area (Å²) < 4.78 is 0. The van der Waals surface area contributed by atoms with Gasteiger partial charge in [0.2, 0.25) is 0 Å². The molecule has 1 N–H and O–H groups in total. The van der Waals surface area contributed by atoms with Crippen molar-refractivity contribution in [2.24, 2.45) is 0 Å². The summed E-state index contributed by atoms with van der Waals surface area (Å²) in [5.41, 5.74) is -1.41. The Bertz CT molecular complexity index is 136. The molecule has 0 aromatic rings. The smallest absolute Gasteiger partial charge is 0.302 e. The Kier molecular flexibility index (Phi) is 1.88. The molecule has 0 saturated heterocycles. The van der Waals surface area contributed by atoms with Gasteiger partial charge in [-0.15, -0.1) is 0 Å². The minimum absolute atomic E-state index is 0.562. The molecule has 0 rings (SSSR count). The molecular weight excluding hydrogens is 114 g/mol. The van der Waals surface area contributed by atoms with Gasteiger partial charge in [0, 0.05) is 13.8 Å². The molecule has 0 bridgehead atoms. The van der Waals surface area contributed by atoms with Crippen LogP contribution in [0.3, 0.4) is 0 Å². The number of hydrogen-bond donors (Lipinski definition) is 1. The molecule has 0 amide bonds. The highest BCUT2D eigenvalue weighted by Crippen LogP contribution is 2.24. The van der Waals surface area contributed by atoms with Gasteiger partial charge >= 0.3 is 5.54 Å². The zero-order valence-corrected chi connectivity index (χ0v) is 6.47. The molecule has 0 aromatic carbocycles. The molecule has 0 radical (unpaired) electrons. The second-order valence-corrected chi connectivity index (χ2v) is 3.25. The molecule has 9 heavy (non-hydrogen) atoms. The highest BCUT2D eigenvalue weighted by atomic mass is 16.3.